The van der Waals surface area contributed by atoms with Gasteiger partial charge in [-0.1, -0.05) is 20.8 Å². The van der Waals surface area contributed by atoms with Crippen molar-refractivity contribution in [1.82, 2.24) is 14.1 Å². The highest BCUT2D eigenvalue weighted by atomic mass is 32.2. The lowest BCUT2D eigenvalue weighted by molar-refractivity contribution is 0.212. The summed E-state index contributed by atoms with van der Waals surface area (Å²) in [5.41, 5.74) is 0.504. The van der Waals surface area contributed by atoms with Crippen molar-refractivity contribution < 1.29 is 8.42 Å². The van der Waals surface area contributed by atoms with Crippen molar-refractivity contribution >= 4 is 10.0 Å². The molecule has 0 bridgehead atoms. The van der Waals surface area contributed by atoms with Crippen LogP contribution >= 0.6 is 0 Å². The molecule has 0 spiro atoms. The molecule has 122 valence electrons. The van der Waals surface area contributed by atoms with Gasteiger partial charge in [-0.3, -0.25) is 4.68 Å². The minimum atomic E-state index is -3.28. The number of aromatic nitrogens is 2. The van der Waals surface area contributed by atoms with Gasteiger partial charge in [-0.05, 0) is 39.2 Å². The topological polar surface area (TPSA) is 55.2 Å². The van der Waals surface area contributed by atoms with Crippen molar-refractivity contribution in [3.63, 3.8) is 0 Å². The molecule has 0 saturated carbocycles. The molecule has 1 heterocycles. The molecule has 0 saturated heterocycles. The van der Waals surface area contributed by atoms with Crippen LogP contribution in [0.15, 0.2) is 12.3 Å². The first-order valence-corrected chi connectivity index (χ1v) is 9.09. The van der Waals surface area contributed by atoms with Crippen LogP contribution in [-0.4, -0.2) is 34.3 Å². The third-order valence-electron chi connectivity index (χ3n) is 3.83. The molecule has 1 aromatic heterocycles. The molecule has 0 aliphatic carbocycles. The first-order valence-electron chi connectivity index (χ1n) is 7.25. The van der Waals surface area contributed by atoms with Gasteiger partial charge in [-0.2, -0.15) is 9.40 Å². The fourth-order valence-electron chi connectivity index (χ4n) is 2.18. The molecular weight excluding hydrogens is 286 g/mol. The van der Waals surface area contributed by atoms with Crippen LogP contribution in [0.3, 0.4) is 0 Å². The molecule has 1 atom stereocenters. The van der Waals surface area contributed by atoms with Gasteiger partial charge in [0.05, 0.1) is 24.5 Å². The highest BCUT2D eigenvalue weighted by Gasteiger charge is 2.32. The normalized spacial score (nSPS) is 15.5. The predicted molar refractivity (Wildman–Crippen MR) is 86.5 cm³/mol. The van der Waals surface area contributed by atoms with Crippen molar-refractivity contribution in [3.05, 3.63) is 18.0 Å². The Bertz CT molecular complexity index is 577. The second-order valence-corrected chi connectivity index (χ2v) is 9.66. The molecule has 6 heteroatoms. The molecule has 0 N–H and O–H groups in total. The Morgan fingerprint density at radius 3 is 2.14 bits per heavy atom. The SMILES string of the molecule is CC(n1nccc1CN(C(C)(C)C)S(C)(=O)=O)C(C)(C)C. The standard InChI is InChI=1S/C15H29N3O2S/c1-12(14(2,3)4)18-13(9-10-16-18)11-17(15(5,6)7)21(8,19)20/h9-10,12H,11H2,1-8H3. The maximum absolute atomic E-state index is 12.1. The summed E-state index contributed by atoms with van der Waals surface area (Å²) in [5, 5.41) is 4.39. The van der Waals surface area contributed by atoms with E-state index in [1.54, 1.807) is 6.20 Å². The number of nitrogens with zero attached hydrogens (tertiary/aromatic N) is 3. The van der Waals surface area contributed by atoms with Gasteiger partial charge in [0.15, 0.2) is 0 Å². The van der Waals surface area contributed by atoms with Crippen LogP contribution in [0.2, 0.25) is 0 Å². The summed E-state index contributed by atoms with van der Waals surface area (Å²) in [5.74, 6) is 0. The predicted octanol–water partition coefficient (Wildman–Crippen LogP) is 3.05. The summed E-state index contributed by atoms with van der Waals surface area (Å²) in [6.07, 6.45) is 2.99. The zero-order chi connectivity index (χ0) is 16.6. The Balaban J connectivity index is 3.17. The summed E-state index contributed by atoms with van der Waals surface area (Å²) in [7, 11) is -3.28. The molecule has 1 rings (SSSR count). The van der Waals surface area contributed by atoms with Gasteiger partial charge in [0.2, 0.25) is 10.0 Å². The molecule has 0 aliphatic heterocycles. The van der Waals surface area contributed by atoms with Gasteiger partial charge < -0.3 is 0 Å². The summed E-state index contributed by atoms with van der Waals surface area (Å²) in [6.45, 7) is 14.6. The summed E-state index contributed by atoms with van der Waals surface area (Å²) < 4.78 is 27.6. The third-order valence-corrected chi connectivity index (χ3v) is 5.30. The number of sulfonamides is 1. The Kier molecular flexibility index (Phi) is 4.95. The second-order valence-electron chi connectivity index (χ2n) is 7.75. The fourth-order valence-corrected chi connectivity index (χ4v) is 3.54. The maximum Gasteiger partial charge on any atom is 0.212 e. The average molecular weight is 315 g/mol. The molecule has 1 unspecified atom stereocenters. The molecular formula is C15H29N3O2S. The van der Waals surface area contributed by atoms with Crippen LogP contribution in [0.1, 0.15) is 60.2 Å². The average Bonchev–Trinajstić information content (AvgIpc) is 2.67. The monoisotopic (exact) mass is 315 g/mol. The molecule has 0 radical (unpaired) electrons. The van der Waals surface area contributed by atoms with E-state index in [1.165, 1.54) is 10.6 Å². The lowest BCUT2D eigenvalue weighted by Gasteiger charge is -2.35. The van der Waals surface area contributed by atoms with Crippen LogP contribution in [0.5, 0.6) is 0 Å². The van der Waals surface area contributed by atoms with Crippen LogP contribution in [0.25, 0.3) is 0 Å². The molecule has 0 fully saturated rings. The van der Waals surface area contributed by atoms with Gasteiger partial charge in [-0.15, -0.1) is 0 Å². The van der Waals surface area contributed by atoms with E-state index >= 15 is 0 Å². The number of hydrogen-bond donors (Lipinski definition) is 0. The molecule has 0 aromatic carbocycles. The smallest absolute Gasteiger partial charge is 0.212 e. The van der Waals surface area contributed by atoms with Crippen LogP contribution < -0.4 is 0 Å². The molecule has 0 amide bonds. The van der Waals surface area contributed by atoms with E-state index < -0.39 is 15.6 Å². The Labute approximate surface area is 129 Å². The quantitative estimate of drug-likeness (QED) is 0.858. The van der Waals surface area contributed by atoms with E-state index in [2.05, 4.69) is 32.8 Å². The zero-order valence-corrected chi connectivity index (χ0v) is 15.3. The van der Waals surface area contributed by atoms with Gasteiger partial charge in [0.1, 0.15) is 0 Å². The molecule has 21 heavy (non-hydrogen) atoms. The Hall–Kier alpha value is -0.880. The van der Waals surface area contributed by atoms with Gasteiger partial charge >= 0.3 is 0 Å². The third kappa shape index (κ3) is 4.54. The van der Waals surface area contributed by atoms with Crippen molar-refractivity contribution in [2.45, 2.75) is 66.6 Å². The first-order chi connectivity index (χ1) is 9.24. The maximum atomic E-state index is 12.1. The van der Waals surface area contributed by atoms with Gasteiger partial charge in [0, 0.05) is 11.7 Å². The minimum Gasteiger partial charge on any atom is -0.265 e. The minimum absolute atomic E-state index is 0.0540. The van der Waals surface area contributed by atoms with E-state index in [0.717, 1.165) is 5.69 Å². The van der Waals surface area contributed by atoms with E-state index in [0.29, 0.717) is 6.54 Å². The Morgan fingerprint density at radius 1 is 1.24 bits per heavy atom. The molecule has 1 aromatic rings. The summed E-state index contributed by atoms with van der Waals surface area (Å²) in [4.78, 5) is 0. The van der Waals surface area contributed by atoms with Crippen LogP contribution in [-0.2, 0) is 16.6 Å². The van der Waals surface area contributed by atoms with Crippen molar-refractivity contribution in [2.75, 3.05) is 6.26 Å². The van der Waals surface area contributed by atoms with E-state index in [-0.39, 0.29) is 11.5 Å². The van der Waals surface area contributed by atoms with Crippen LogP contribution in [0.4, 0.5) is 0 Å². The number of hydrogen-bond acceptors (Lipinski definition) is 3. The van der Waals surface area contributed by atoms with Gasteiger partial charge in [0.25, 0.3) is 0 Å². The summed E-state index contributed by atoms with van der Waals surface area (Å²) >= 11 is 0. The second kappa shape index (κ2) is 5.72. The van der Waals surface area contributed by atoms with E-state index in [4.69, 9.17) is 0 Å². The van der Waals surface area contributed by atoms with Crippen molar-refractivity contribution in [2.24, 2.45) is 5.41 Å². The summed E-state index contributed by atoms with van der Waals surface area (Å²) in [6, 6.07) is 2.08. The van der Waals surface area contributed by atoms with Crippen molar-refractivity contribution in [3.8, 4) is 0 Å². The first kappa shape index (κ1) is 18.2. The van der Waals surface area contributed by atoms with Crippen molar-refractivity contribution in [1.29, 1.82) is 0 Å². The largest absolute Gasteiger partial charge is 0.265 e. The molecule has 5 nitrogen and oxygen atoms in total. The molecule has 0 aliphatic rings. The lowest BCUT2D eigenvalue weighted by Crippen LogP contribution is -2.45. The van der Waals surface area contributed by atoms with Crippen LogP contribution in [0, 0.1) is 5.41 Å². The lowest BCUT2D eigenvalue weighted by atomic mass is 9.88. The Morgan fingerprint density at radius 2 is 1.76 bits per heavy atom. The van der Waals surface area contributed by atoms with Gasteiger partial charge in [-0.25, -0.2) is 8.42 Å². The van der Waals surface area contributed by atoms with E-state index in [9.17, 15) is 8.42 Å². The number of rotatable bonds is 4. The highest BCUT2D eigenvalue weighted by molar-refractivity contribution is 7.88. The fraction of sp³-hybridized carbons (Fsp3) is 0.800. The van der Waals surface area contributed by atoms with E-state index in [1.807, 2.05) is 31.5 Å². The highest BCUT2D eigenvalue weighted by Crippen LogP contribution is 2.31. The zero-order valence-electron chi connectivity index (χ0n) is 14.5.